The number of aryl methyl sites for hydroxylation is 2. The number of carbonyl (C=O) groups is 2. The van der Waals surface area contributed by atoms with E-state index in [1.807, 2.05) is 5.32 Å². The van der Waals surface area contributed by atoms with E-state index >= 15 is 0 Å². The summed E-state index contributed by atoms with van der Waals surface area (Å²) in [5.74, 6) is -2.44. The molecular formula is C26H26F2N2O3. The van der Waals surface area contributed by atoms with E-state index < -0.39 is 29.1 Å². The summed E-state index contributed by atoms with van der Waals surface area (Å²) in [5, 5.41) is 4.38. The lowest BCUT2D eigenvalue weighted by Gasteiger charge is -2.24. The van der Waals surface area contributed by atoms with E-state index in [-0.39, 0.29) is 12.0 Å². The molecular weight excluding hydrogens is 426 g/mol. The molecule has 33 heavy (non-hydrogen) atoms. The summed E-state index contributed by atoms with van der Waals surface area (Å²) in [5.41, 5.74) is 3.05. The number of hydrogen-bond donors (Lipinski definition) is 2. The van der Waals surface area contributed by atoms with Crippen molar-refractivity contribution in [2.45, 2.75) is 33.8 Å². The summed E-state index contributed by atoms with van der Waals surface area (Å²) < 4.78 is 33.6. The zero-order valence-electron chi connectivity index (χ0n) is 18.9. The van der Waals surface area contributed by atoms with Crippen LogP contribution >= 0.6 is 0 Å². The Bertz CT molecular complexity index is 1140. The van der Waals surface area contributed by atoms with Crippen LogP contribution in [-0.4, -0.2) is 11.9 Å². The second-order valence-corrected chi connectivity index (χ2v) is 8.16. The molecule has 0 aliphatic carbocycles. The molecule has 0 aromatic heterocycles. The van der Waals surface area contributed by atoms with Crippen LogP contribution in [0.15, 0.2) is 60.7 Å². The van der Waals surface area contributed by atoms with Gasteiger partial charge < -0.3 is 10.1 Å². The van der Waals surface area contributed by atoms with Crippen molar-refractivity contribution in [2.24, 2.45) is 5.92 Å². The highest BCUT2D eigenvalue weighted by Crippen LogP contribution is 2.30. The molecule has 0 spiro atoms. The van der Waals surface area contributed by atoms with Gasteiger partial charge in [0, 0.05) is 5.69 Å². The first-order valence-corrected chi connectivity index (χ1v) is 10.6. The summed E-state index contributed by atoms with van der Waals surface area (Å²) >= 11 is 0. The number of anilines is 1. The van der Waals surface area contributed by atoms with Gasteiger partial charge in [-0.05, 0) is 72.9 Å². The van der Waals surface area contributed by atoms with Crippen molar-refractivity contribution in [3.63, 3.8) is 0 Å². The topological polar surface area (TPSA) is 67.4 Å². The van der Waals surface area contributed by atoms with Crippen LogP contribution < -0.4 is 15.4 Å². The van der Waals surface area contributed by atoms with Crippen molar-refractivity contribution in [2.75, 3.05) is 5.32 Å². The molecule has 0 radical (unpaired) electrons. The smallest absolute Gasteiger partial charge is 0.326 e. The molecule has 1 atom stereocenters. The maximum atomic E-state index is 13.7. The highest BCUT2D eigenvalue weighted by Gasteiger charge is 2.20. The molecule has 3 rings (SSSR count). The van der Waals surface area contributed by atoms with Crippen molar-refractivity contribution < 1.29 is 23.1 Å². The summed E-state index contributed by atoms with van der Waals surface area (Å²) in [7, 11) is 0. The molecule has 3 aromatic carbocycles. The largest absolute Gasteiger partial charge is 0.485 e. The first kappa shape index (κ1) is 23.9. The van der Waals surface area contributed by atoms with Gasteiger partial charge in [-0.15, -0.1) is 0 Å². The quantitative estimate of drug-likeness (QED) is 0.460. The summed E-state index contributed by atoms with van der Waals surface area (Å²) in [6.45, 7) is 8.28. The number of urea groups is 1. The van der Waals surface area contributed by atoms with Crippen LogP contribution in [0.3, 0.4) is 0 Å². The Morgan fingerprint density at radius 2 is 1.52 bits per heavy atom. The van der Waals surface area contributed by atoms with E-state index in [1.165, 1.54) is 11.1 Å². The van der Waals surface area contributed by atoms with Gasteiger partial charge in [-0.2, -0.15) is 0 Å². The second-order valence-electron chi connectivity index (χ2n) is 8.16. The molecule has 0 heterocycles. The van der Waals surface area contributed by atoms with Gasteiger partial charge in [-0.3, -0.25) is 10.1 Å². The Morgan fingerprint density at radius 3 is 2.09 bits per heavy atom. The first-order valence-electron chi connectivity index (χ1n) is 10.6. The summed E-state index contributed by atoms with van der Waals surface area (Å²) in [4.78, 5) is 24.1. The Hall–Kier alpha value is -3.74. The standard InChI is InChI=1S/C26H26F2N2O3/c1-15(2)24(18-9-8-16(3)17(4)14-18)33-20-12-10-19(11-13-20)29-26(32)30-25(31)23-21(27)6-5-7-22(23)28/h5-15,24H,1-4H3,(H2,29,30,31,32). The summed E-state index contributed by atoms with van der Waals surface area (Å²) in [6.07, 6.45) is -0.153. The van der Waals surface area contributed by atoms with Gasteiger partial charge in [-0.25, -0.2) is 13.6 Å². The fourth-order valence-electron chi connectivity index (χ4n) is 3.34. The van der Waals surface area contributed by atoms with E-state index in [0.29, 0.717) is 11.4 Å². The molecule has 3 aromatic rings. The van der Waals surface area contributed by atoms with E-state index in [4.69, 9.17) is 4.74 Å². The molecule has 2 N–H and O–H groups in total. The molecule has 0 bridgehead atoms. The number of nitrogens with one attached hydrogen (secondary N) is 2. The van der Waals surface area contributed by atoms with Crippen LogP contribution in [0.5, 0.6) is 5.75 Å². The number of ether oxygens (including phenoxy) is 1. The Labute approximate surface area is 191 Å². The number of carbonyl (C=O) groups excluding carboxylic acids is 2. The molecule has 0 saturated carbocycles. The molecule has 1 unspecified atom stereocenters. The minimum Gasteiger partial charge on any atom is -0.485 e. The third-order valence-electron chi connectivity index (χ3n) is 5.26. The molecule has 172 valence electrons. The van der Waals surface area contributed by atoms with Crippen molar-refractivity contribution >= 4 is 17.6 Å². The Morgan fingerprint density at radius 1 is 0.879 bits per heavy atom. The summed E-state index contributed by atoms with van der Waals surface area (Å²) in [6, 6.07) is 15.0. The Balaban J connectivity index is 1.65. The van der Waals surface area contributed by atoms with Gasteiger partial charge >= 0.3 is 6.03 Å². The van der Waals surface area contributed by atoms with E-state index in [2.05, 4.69) is 51.2 Å². The van der Waals surface area contributed by atoms with Crippen molar-refractivity contribution in [1.82, 2.24) is 5.32 Å². The molecule has 0 aliphatic heterocycles. The van der Waals surface area contributed by atoms with Crippen LogP contribution in [0.4, 0.5) is 19.3 Å². The normalized spacial score (nSPS) is 11.7. The maximum absolute atomic E-state index is 13.7. The lowest BCUT2D eigenvalue weighted by molar-refractivity contribution is 0.0959. The van der Waals surface area contributed by atoms with Crippen molar-refractivity contribution in [1.29, 1.82) is 0 Å². The Kier molecular flexibility index (Phi) is 7.43. The third-order valence-corrected chi connectivity index (χ3v) is 5.26. The first-order chi connectivity index (χ1) is 15.7. The number of imide groups is 1. The SMILES string of the molecule is Cc1ccc(C(Oc2ccc(NC(=O)NC(=O)c3c(F)cccc3F)cc2)C(C)C)cc1C. The average Bonchev–Trinajstić information content (AvgIpc) is 2.75. The molecule has 7 heteroatoms. The van der Waals surface area contributed by atoms with E-state index in [1.54, 1.807) is 24.3 Å². The number of halogens is 2. The lowest BCUT2D eigenvalue weighted by Crippen LogP contribution is -2.35. The highest BCUT2D eigenvalue weighted by molar-refractivity contribution is 6.08. The fraction of sp³-hybridized carbons (Fsp3) is 0.231. The molecule has 0 aliphatic rings. The van der Waals surface area contributed by atoms with Crippen LogP contribution in [0.1, 0.15) is 47.0 Å². The van der Waals surface area contributed by atoms with Crippen LogP contribution in [0.25, 0.3) is 0 Å². The van der Waals surface area contributed by atoms with Crippen LogP contribution in [0.2, 0.25) is 0 Å². The fourth-order valence-corrected chi connectivity index (χ4v) is 3.34. The monoisotopic (exact) mass is 452 g/mol. The van der Waals surface area contributed by atoms with Gasteiger partial charge in [-0.1, -0.05) is 38.1 Å². The van der Waals surface area contributed by atoms with E-state index in [0.717, 1.165) is 23.8 Å². The highest BCUT2D eigenvalue weighted by atomic mass is 19.1. The number of rotatable bonds is 6. The van der Waals surface area contributed by atoms with Crippen molar-refractivity contribution in [3.8, 4) is 5.75 Å². The zero-order valence-corrected chi connectivity index (χ0v) is 18.9. The van der Waals surface area contributed by atoms with Gasteiger partial charge in [0.15, 0.2) is 0 Å². The maximum Gasteiger partial charge on any atom is 0.326 e. The second kappa shape index (κ2) is 10.3. The van der Waals surface area contributed by atoms with Crippen LogP contribution in [0, 0.1) is 31.4 Å². The van der Waals surface area contributed by atoms with Gasteiger partial charge in [0.2, 0.25) is 0 Å². The minimum atomic E-state index is -1.17. The third kappa shape index (κ3) is 5.94. The van der Waals surface area contributed by atoms with Gasteiger partial charge in [0.25, 0.3) is 5.91 Å². The minimum absolute atomic E-state index is 0.153. The number of hydrogen-bond acceptors (Lipinski definition) is 3. The molecule has 5 nitrogen and oxygen atoms in total. The predicted molar refractivity (Wildman–Crippen MR) is 123 cm³/mol. The van der Waals surface area contributed by atoms with Gasteiger partial charge in [0.1, 0.15) is 29.1 Å². The molecule has 3 amide bonds. The van der Waals surface area contributed by atoms with E-state index in [9.17, 15) is 18.4 Å². The van der Waals surface area contributed by atoms with Crippen molar-refractivity contribution in [3.05, 3.63) is 94.6 Å². The average molecular weight is 453 g/mol. The molecule has 0 fully saturated rings. The number of amides is 3. The predicted octanol–water partition coefficient (Wildman–Crippen LogP) is 6.32. The van der Waals surface area contributed by atoms with Gasteiger partial charge in [0.05, 0.1) is 0 Å². The van der Waals surface area contributed by atoms with Crippen LogP contribution in [-0.2, 0) is 0 Å². The lowest BCUT2D eigenvalue weighted by atomic mass is 9.96. The zero-order chi connectivity index (χ0) is 24.1. The number of benzene rings is 3. The molecule has 0 saturated heterocycles.